The minimum absolute atomic E-state index is 0.0880. The average Bonchev–Trinajstić information content (AvgIpc) is 3.42. The summed E-state index contributed by atoms with van der Waals surface area (Å²) in [5.41, 5.74) is 11.1. The molecule has 0 saturated heterocycles. The first-order valence-electron chi connectivity index (χ1n) is 13.3. The minimum Gasteiger partial charge on any atom is -0.489 e. The topological polar surface area (TPSA) is 114 Å². The smallest absolute Gasteiger partial charge is 0.310 e. The second-order valence-electron chi connectivity index (χ2n) is 9.59. The molecular weight excluding hydrogens is 538 g/mol. The van der Waals surface area contributed by atoms with Crippen molar-refractivity contribution in [3.8, 4) is 16.9 Å². The van der Waals surface area contributed by atoms with Crippen LogP contribution in [0, 0.1) is 0 Å². The highest BCUT2D eigenvalue weighted by atomic mass is 32.2. The Kier molecular flexibility index (Phi) is 8.47. The molecule has 9 heteroatoms. The van der Waals surface area contributed by atoms with Crippen molar-refractivity contribution in [1.29, 1.82) is 0 Å². The number of para-hydroxylation sites is 1. The fraction of sp³-hybridized carbons (Fsp3) is 0.188. The molecule has 8 nitrogen and oxygen atoms in total. The van der Waals surface area contributed by atoms with E-state index < -0.39 is 10.0 Å². The Hall–Kier alpha value is -4.47. The van der Waals surface area contributed by atoms with Gasteiger partial charge in [-0.25, -0.2) is 8.42 Å². The summed E-state index contributed by atoms with van der Waals surface area (Å²) in [7, 11) is -3.82. The number of hydrogen-bond donors (Lipinski definition) is 1. The van der Waals surface area contributed by atoms with Crippen molar-refractivity contribution in [2.24, 2.45) is 5.73 Å². The van der Waals surface area contributed by atoms with Crippen LogP contribution in [-0.4, -0.2) is 30.2 Å². The van der Waals surface area contributed by atoms with E-state index in [4.69, 9.17) is 15.2 Å². The molecule has 0 amide bonds. The third kappa shape index (κ3) is 6.48. The summed E-state index contributed by atoms with van der Waals surface area (Å²) in [6, 6.07) is 27.9. The molecule has 41 heavy (non-hydrogen) atoms. The highest BCUT2D eigenvalue weighted by molar-refractivity contribution is 7.89. The van der Waals surface area contributed by atoms with Crippen molar-refractivity contribution in [2.75, 3.05) is 6.61 Å². The summed E-state index contributed by atoms with van der Waals surface area (Å²) in [6.07, 6.45) is 1.67. The number of nitrogens with zero attached hydrogens (tertiary/aromatic N) is 2. The van der Waals surface area contributed by atoms with Gasteiger partial charge in [-0.05, 0) is 59.0 Å². The summed E-state index contributed by atoms with van der Waals surface area (Å²) in [4.78, 5) is 12.1. The molecule has 210 valence electrons. The predicted octanol–water partition coefficient (Wildman–Crippen LogP) is 5.22. The minimum atomic E-state index is -3.82. The lowest BCUT2D eigenvalue weighted by Gasteiger charge is -2.14. The van der Waals surface area contributed by atoms with E-state index in [1.165, 1.54) is 0 Å². The first kappa shape index (κ1) is 28.1. The van der Waals surface area contributed by atoms with Gasteiger partial charge < -0.3 is 15.2 Å². The lowest BCUT2D eigenvalue weighted by molar-refractivity contribution is -0.142. The van der Waals surface area contributed by atoms with Gasteiger partial charge in [0.15, 0.2) is 0 Å². The number of aromatic nitrogens is 2. The van der Waals surface area contributed by atoms with Crippen molar-refractivity contribution in [1.82, 2.24) is 9.19 Å². The van der Waals surface area contributed by atoms with Gasteiger partial charge in [0.25, 0.3) is 10.0 Å². The first-order valence-corrected chi connectivity index (χ1v) is 14.9. The van der Waals surface area contributed by atoms with Gasteiger partial charge in [-0.2, -0.15) is 9.19 Å². The van der Waals surface area contributed by atoms with Crippen LogP contribution in [0.5, 0.6) is 5.75 Å². The van der Waals surface area contributed by atoms with Crippen molar-refractivity contribution >= 4 is 26.9 Å². The summed E-state index contributed by atoms with van der Waals surface area (Å²) < 4.78 is 39.4. The number of nitrogens with two attached hydrogens (primary N) is 1. The van der Waals surface area contributed by atoms with Gasteiger partial charge in [0, 0.05) is 17.5 Å². The fourth-order valence-electron chi connectivity index (χ4n) is 4.74. The molecule has 2 N–H and O–H groups in total. The van der Waals surface area contributed by atoms with Gasteiger partial charge in [0.2, 0.25) is 0 Å². The molecule has 5 rings (SSSR count). The van der Waals surface area contributed by atoms with Crippen molar-refractivity contribution in [2.45, 2.75) is 32.2 Å². The quantitative estimate of drug-likeness (QED) is 0.217. The second-order valence-corrected chi connectivity index (χ2v) is 11.4. The van der Waals surface area contributed by atoms with Gasteiger partial charge in [-0.3, -0.25) is 4.79 Å². The van der Waals surface area contributed by atoms with E-state index in [9.17, 15) is 13.2 Å². The normalized spacial score (nSPS) is 11.5. The van der Waals surface area contributed by atoms with Gasteiger partial charge in [-0.15, -0.1) is 0 Å². The molecule has 0 saturated carbocycles. The number of carbonyl (C=O) groups is 1. The molecular formula is C32H31N3O5S. The molecule has 0 bridgehead atoms. The van der Waals surface area contributed by atoms with Crippen LogP contribution < -0.4 is 10.5 Å². The Morgan fingerprint density at radius 1 is 0.902 bits per heavy atom. The van der Waals surface area contributed by atoms with E-state index in [0.717, 1.165) is 26.3 Å². The average molecular weight is 570 g/mol. The Bertz CT molecular complexity index is 1780. The van der Waals surface area contributed by atoms with E-state index in [1.807, 2.05) is 66.7 Å². The van der Waals surface area contributed by atoms with Crippen LogP contribution in [0.25, 0.3) is 22.0 Å². The summed E-state index contributed by atoms with van der Waals surface area (Å²) in [5, 5.41) is 5.02. The summed E-state index contributed by atoms with van der Waals surface area (Å²) in [6.45, 7) is 2.59. The molecule has 0 atom stereocenters. The lowest BCUT2D eigenvalue weighted by Crippen LogP contribution is -2.16. The maximum atomic E-state index is 13.5. The molecule has 0 fully saturated rings. The second kappa shape index (κ2) is 12.4. The highest BCUT2D eigenvalue weighted by Crippen LogP contribution is 2.33. The standard InChI is InChI=1S/C32H31N3O5S/c1-2-39-32(36)18-27-12-6-7-14-31(27)40-21-25-16-28(26-13-8-11-24(15-26)19-33)29-20-34-35(30(29)17-25)41(37,38)22-23-9-4-3-5-10-23/h3-17,20H,2,18-19,21-22,33H2,1H3. The molecule has 0 unspecified atom stereocenters. The summed E-state index contributed by atoms with van der Waals surface area (Å²) >= 11 is 0. The summed E-state index contributed by atoms with van der Waals surface area (Å²) in [5.74, 6) is 0.0296. The Morgan fingerprint density at radius 2 is 1.66 bits per heavy atom. The number of esters is 1. The van der Waals surface area contributed by atoms with Gasteiger partial charge >= 0.3 is 5.97 Å². The Labute approximate surface area is 239 Å². The number of hydrogen-bond acceptors (Lipinski definition) is 7. The van der Waals surface area contributed by atoms with Crippen molar-refractivity contribution in [3.05, 3.63) is 119 Å². The van der Waals surface area contributed by atoms with Crippen LogP contribution in [0.15, 0.2) is 97.2 Å². The first-order chi connectivity index (χ1) is 19.9. The van der Waals surface area contributed by atoms with E-state index in [0.29, 0.717) is 40.9 Å². The zero-order valence-electron chi connectivity index (χ0n) is 22.7. The van der Waals surface area contributed by atoms with E-state index in [2.05, 4.69) is 5.10 Å². The predicted molar refractivity (Wildman–Crippen MR) is 159 cm³/mol. The van der Waals surface area contributed by atoms with E-state index in [-0.39, 0.29) is 24.7 Å². The molecule has 1 aromatic heterocycles. The number of ether oxygens (including phenoxy) is 2. The van der Waals surface area contributed by atoms with Crippen molar-refractivity contribution < 1.29 is 22.7 Å². The third-order valence-electron chi connectivity index (χ3n) is 6.65. The Morgan fingerprint density at radius 3 is 2.44 bits per heavy atom. The fourth-order valence-corrected chi connectivity index (χ4v) is 6.11. The van der Waals surface area contributed by atoms with Crippen LogP contribution in [0.2, 0.25) is 0 Å². The molecule has 0 aliphatic rings. The van der Waals surface area contributed by atoms with Crippen LogP contribution in [-0.2, 0) is 44.9 Å². The molecule has 5 aromatic rings. The zero-order chi connectivity index (χ0) is 28.8. The molecule has 0 aliphatic carbocycles. The molecule has 4 aromatic carbocycles. The maximum absolute atomic E-state index is 13.5. The largest absolute Gasteiger partial charge is 0.489 e. The molecule has 0 spiro atoms. The van der Waals surface area contributed by atoms with Crippen LogP contribution in [0.1, 0.15) is 29.2 Å². The van der Waals surface area contributed by atoms with Crippen LogP contribution >= 0.6 is 0 Å². The Balaban J connectivity index is 1.55. The van der Waals surface area contributed by atoms with Crippen LogP contribution in [0.4, 0.5) is 0 Å². The van der Waals surface area contributed by atoms with E-state index >= 15 is 0 Å². The maximum Gasteiger partial charge on any atom is 0.310 e. The van der Waals surface area contributed by atoms with Gasteiger partial charge in [0.05, 0.1) is 30.5 Å². The van der Waals surface area contributed by atoms with Crippen molar-refractivity contribution in [3.63, 3.8) is 0 Å². The number of rotatable bonds is 11. The number of carbonyl (C=O) groups excluding carboxylic acids is 1. The van der Waals surface area contributed by atoms with Crippen LogP contribution in [0.3, 0.4) is 0 Å². The monoisotopic (exact) mass is 569 g/mol. The SMILES string of the molecule is CCOC(=O)Cc1ccccc1OCc1cc(-c2cccc(CN)c2)c2cnn(S(=O)(=O)Cc3ccccc3)c2c1. The van der Waals surface area contributed by atoms with E-state index in [1.54, 1.807) is 37.4 Å². The third-order valence-corrected chi connectivity index (χ3v) is 8.17. The van der Waals surface area contributed by atoms with Gasteiger partial charge in [0.1, 0.15) is 12.4 Å². The molecule has 0 aliphatic heterocycles. The number of benzene rings is 4. The molecule has 0 radical (unpaired) electrons. The zero-order valence-corrected chi connectivity index (χ0v) is 23.5. The van der Waals surface area contributed by atoms with Gasteiger partial charge in [-0.1, -0.05) is 66.7 Å². The number of fused-ring (bicyclic) bond motifs is 1. The molecule has 1 heterocycles. The lowest BCUT2D eigenvalue weighted by atomic mass is 9.98. The highest BCUT2D eigenvalue weighted by Gasteiger charge is 2.21.